The number of hydrogen-bond donors (Lipinski definition) is 0. The zero-order valence-electron chi connectivity index (χ0n) is 25.1. The third-order valence-electron chi connectivity index (χ3n) is 9.15. The summed E-state index contributed by atoms with van der Waals surface area (Å²) in [6.07, 6.45) is 3.83. The summed E-state index contributed by atoms with van der Waals surface area (Å²) in [6, 6.07) is 56.5. The van der Waals surface area contributed by atoms with Crippen molar-refractivity contribution in [2.24, 2.45) is 0 Å². The molecule has 2 heterocycles. The van der Waals surface area contributed by atoms with Crippen LogP contribution in [0.3, 0.4) is 0 Å². The lowest BCUT2D eigenvalue weighted by atomic mass is 9.89. The molecule has 2 aromatic heterocycles. The van der Waals surface area contributed by atoms with Crippen LogP contribution in [0.2, 0.25) is 0 Å². The lowest BCUT2D eigenvalue weighted by Crippen LogP contribution is -1.92. The highest BCUT2D eigenvalue weighted by molar-refractivity contribution is 6.14. The third kappa shape index (κ3) is 4.35. The normalized spacial score (nSPS) is 11.5. The van der Waals surface area contributed by atoms with Gasteiger partial charge in [-0.1, -0.05) is 133 Å². The van der Waals surface area contributed by atoms with Crippen LogP contribution >= 0.6 is 0 Å². The molecule has 0 aliphatic rings. The van der Waals surface area contributed by atoms with Gasteiger partial charge < -0.3 is 0 Å². The molecule has 46 heavy (non-hydrogen) atoms. The maximum Gasteiger partial charge on any atom is 0.0722 e. The second kappa shape index (κ2) is 10.8. The van der Waals surface area contributed by atoms with Crippen LogP contribution in [-0.4, -0.2) is 9.97 Å². The van der Waals surface area contributed by atoms with Crippen molar-refractivity contribution in [1.82, 2.24) is 9.97 Å². The van der Waals surface area contributed by atoms with Gasteiger partial charge in [-0.2, -0.15) is 0 Å². The van der Waals surface area contributed by atoms with E-state index in [-0.39, 0.29) is 0 Å². The van der Waals surface area contributed by atoms with Crippen molar-refractivity contribution in [2.75, 3.05) is 0 Å². The number of fused-ring (bicyclic) bond motifs is 5. The minimum absolute atomic E-state index is 0.975. The number of nitrogens with zero attached hydrogens (tertiary/aromatic N) is 2. The number of pyridine rings is 2. The molecule has 0 N–H and O–H groups in total. The van der Waals surface area contributed by atoms with Crippen LogP contribution in [0.25, 0.3) is 87.9 Å². The Bertz CT molecular complexity index is 2580. The number of rotatable bonds is 4. The standard InChI is InChI=1S/C44H28N2/c1-2-11-31(12-3-1)43-27-40(44-35-16-5-4-10-29(35)20-23-42(44)46-43)33-15-8-14-32(26-33)34-21-22-39(37-18-7-6-17-36(34)37)38-19-9-13-30-24-25-45-28-41(30)38/h1-28H. The number of benzene rings is 7. The van der Waals surface area contributed by atoms with Gasteiger partial charge in [0.25, 0.3) is 0 Å². The molecule has 0 atom stereocenters. The minimum Gasteiger partial charge on any atom is -0.264 e. The second-order valence-corrected chi connectivity index (χ2v) is 11.8. The van der Waals surface area contributed by atoms with E-state index in [4.69, 9.17) is 4.98 Å². The molecule has 9 aromatic rings. The molecule has 2 heteroatoms. The lowest BCUT2D eigenvalue weighted by molar-refractivity contribution is 1.36. The monoisotopic (exact) mass is 584 g/mol. The van der Waals surface area contributed by atoms with Gasteiger partial charge in [-0.25, -0.2) is 4.98 Å². The van der Waals surface area contributed by atoms with Crippen LogP contribution in [0, 0.1) is 0 Å². The van der Waals surface area contributed by atoms with E-state index in [2.05, 4.69) is 163 Å². The van der Waals surface area contributed by atoms with E-state index in [1.54, 1.807) is 0 Å². The SMILES string of the molecule is c1ccc(-c2cc(-c3cccc(-c4ccc(-c5cccc6ccncc56)c5ccccc45)c3)c3c(ccc4ccccc43)n2)cc1. The topological polar surface area (TPSA) is 25.8 Å². The Morgan fingerprint density at radius 1 is 0.370 bits per heavy atom. The smallest absolute Gasteiger partial charge is 0.0722 e. The Kier molecular flexibility index (Phi) is 6.17. The van der Waals surface area contributed by atoms with Crippen LogP contribution in [0.15, 0.2) is 170 Å². The molecule has 214 valence electrons. The molecule has 0 aliphatic heterocycles. The average Bonchev–Trinajstić information content (AvgIpc) is 3.14. The molecule has 0 fully saturated rings. The summed E-state index contributed by atoms with van der Waals surface area (Å²) in [7, 11) is 0. The molecule has 0 aliphatic carbocycles. The van der Waals surface area contributed by atoms with Crippen molar-refractivity contribution in [3.8, 4) is 44.6 Å². The molecular formula is C44H28N2. The van der Waals surface area contributed by atoms with E-state index in [1.165, 1.54) is 65.7 Å². The zero-order chi connectivity index (χ0) is 30.5. The first kappa shape index (κ1) is 26.3. The quantitative estimate of drug-likeness (QED) is 0.192. The Hall–Kier alpha value is -6.12. The highest BCUT2D eigenvalue weighted by Gasteiger charge is 2.15. The van der Waals surface area contributed by atoms with Gasteiger partial charge in [0.2, 0.25) is 0 Å². The first-order valence-electron chi connectivity index (χ1n) is 15.7. The minimum atomic E-state index is 0.975. The van der Waals surface area contributed by atoms with Crippen molar-refractivity contribution < 1.29 is 0 Å². The van der Waals surface area contributed by atoms with Gasteiger partial charge in [-0.15, -0.1) is 0 Å². The predicted octanol–water partition coefficient (Wildman–Crippen LogP) is 11.8. The molecule has 9 rings (SSSR count). The average molecular weight is 585 g/mol. The summed E-state index contributed by atoms with van der Waals surface area (Å²) >= 11 is 0. The highest BCUT2D eigenvalue weighted by Crippen LogP contribution is 2.41. The molecule has 0 unspecified atom stereocenters. The Morgan fingerprint density at radius 2 is 1.00 bits per heavy atom. The molecule has 0 bridgehead atoms. The maximum atomic E-state index is 5.16. The van der Waals surface area contributed by atoms with Gasteiger partial charge in [0.05, 0.1) is 11.2 Å². The van der Waals surface area contributed by atoms with Gasteiger partial charge in [0.15, 0.2) is 0 Å². The Labute approximate surface area is 267 Å². The number of hydrogen-bond acceptors (Lipinski definition) is 2. The summed E-state index contributed by atoms with van der Waals surface area (Å²) < 4.78 is 0. The molecule has 2 nitrogen and oxygen atoms in total. The summed E-state index contributed by atoms with van der Waals surface area (Å²) in [5, 5.41) is 8.43. The van der Waals surface area contributed by atoms with Crippen LogP contribution in [-0.2, 0) is 0 Å². The van der Waals surface area contributed by atoms with Crippen molar-refractivity contribution in [3.63, 3.8) is 0 Å². The van der Waals surface area contributed by atoms with Crippen LogP contribution in [0.1, 0.15) is 0 Å². The van der Waals surface area contributed by atoms with E-state index >= 15 is 0 Å². The van der Waals surface area contributed by atoms with Crippen LogP contribution < -0.4 is 0 Å². The summed E-state index contributed by atoms with van der Waals surface area (Å²) in [5.41, 5.74) is 10.3. The van der Waals surface area contributed by atoms with Gasteiger partial charge in [0, 0.05) is 28.7 Å². The fraction of sp³-hybridized carbons (Fsp3) is 0. The molecular weight excluding hydrogens is 556 g/mol. The number of aromatic nitrogens is 2. The van der Waals surface area contributed by atoms with Gasteiger partial charge in [0.1, 0.15) is 0 Å². The summed E-state index contributed by atoms with van der Waals surface area (Å²) in [6.45, 7) is 0. The molecule has 7 aromatic carbocycles. The Morgan fingerprint density at radius 3 is 1.87 bits per heavy atom. The third-order valence-corrected chi connectivity index (χ3v) is 9.15. The fourth-order valence-corrected chi connectivity index (χ4v) is 6.98. The van der Waals surface area contributed by atoms with Crippen molar-refractivity contribution in [2.45, 2.75) is 0 Å². The summed E-state index contributed by atoms with van der Waals surface area (Å²) in [4.78, 5) is 9.60. The maximum absolute atomic E-state index is 5.16. The van der Waals surface area contributed by atoms with E-state index in [9.17, 15) is 0 Å². The largest absolute Gasteiger partial charge is 0.264 e. The van der Waals surface area contributed by atoms with Crippen molar-refractivity contribution >= 4 is 43.2 Å². The second-order valence-electron chi connectivity index (χ2n) is 11.8. The molecule has 0 amide bonds. The van der Waals surface area contributed by atoms with Crippen LogP contribution in [0.4, 0.5) is 0 Å². The first-order valence-corrected chi connectivity index (χ1v) is 15.7. The van der Waals surface area contributed by atoms with Crippen molar-refractivity contribution in [3.05, 3.63) is 170 Å². The van der Waals surface area contributed by atoms with Gasteiger partial charge >= 0.3 is 0 Å². The lowest BCUT2D eigenvalue weighted by Gasteiger charge is -2.16. The Balaban J connectivity index is 1.26. The molecule has 0 saturated heterocycles. The molecule has 0 radical (unpaired) electrons. The fourth-order valence-electron chi connectivity index (χ4n) is 6.98. The van der Waals surface area contributed by atoms with Crippen molar-refractivity contribution in [1.29, 1.82) is 0 Å². The van der Waals surface area contributed by atoms with Gasteiger partial charge in [-0.05, 0) is 84.6 Å². The highest BCUT2D eigenvalue weighted by atomic mass is 14.7. The van der Waals surface area contributed by atoms with E-state index in [0.717, 1.165) is 22.2 Å². The zero-order valence-corrected chi connectivity index (χ0v) is 25.1. The first-order chi connectivity index (χ1) is 22.8. The predicted molar refractivity (Wildman–Crippen MR) is 194 cm³/mol. The molecule has 0 saturated carbocycles. The van der Waals surface area contributed by atoms with E-state index < -0.39 is 0 Å². The van der Waals surface area contributed by atoms with Gasteiger partial charge in [-0.3, -0.25) is 4.98 Å². The van der Waals surface area contributed by atoms with E-state index in [1.807, 2.05) is 12.4 Å². The van der Waals surface area contributed by atoms with Crippen LogP contribution in [0.5, 0.6) is 0 Å². The summed E-state index contributed by atoms with van der Waals surface area (Å²) in [5.74, 6) is 0. The molecule has 0 spiro atoms. The van der Waals surface area contributed by atoms with E-state index in [0.29, 0.717) is 0 Å².